The molecule has 1 aromatic heterocycles. The minimum absolute atomic E-state index is 0.0393. The van der Waals surface area contributed by atoms with E-state index in [9.17, 15) is 0 Å². The number of rotatable bonds is 7. The minimum atomic E-state index is 0.0393. The van der Waals surface area contributed by atoms with Crippen molar-refractivity contribution < 1.29 is 9.84 Å². The number of likely N-dealkylation sites (tertiary alicyclic amines) is 1. The highest BCUT2D eigenvalue weighted by atomic mass is 16.5. The summed E-state index contributed by atoms with van der Waals surface area (Å²) in [4.78, 5) is 10.7. The molecule has 2 aromatic carbocycles. The predicted octanol–water partition coefficient (Wildman–Crippen LogP) is 3.39. The first-order chi connectivity index (χ1) is 13.3. The van der Waals surface area contributed by atoms with Crippen molar-refractivity contribution in [1.29, 1.82) is 0 Å². The number of H-pyrrole nitrogens is 1. The molecule has 0 radical (unpaired) electrons. The molecule has 1 saturated heterocycles. The zero-order valence-electron chi connectivity index (χ0n) is 15.6. The molecule has 0 saturated carbocycles. The summed E-state index contributed by atoms with van der Waals surface area (Å²) in [6.45, 7) is 3.46. The van der Waals surface area contributed by atoms with Crippen molar-refractivity contribution in [3.8, 4) is 5.75 Å². The van der Waals surface area contributed by atoms with Gasteiger partial charge < -0.3 is 14.8 Å². The maximum absolute atomic E-state index is 9.02. The Morgan fingerprint density at radius 3 is 2.89 bits per heavy atom. The Labute approximate surface area is 160 Å². The van der Waals surface area contributed by atoms with Gasteiger partial charge in [0.2, 0.25) is 0 Å². The molecule has 27 heavy (non-hydrogen) atoms. The molecule has 1 aliphatic heterocycles. The maximum atomic E-state index is 9.02. The van der Waals surface area contributed by atoms with Gasteiger partial charge in [0.05, 0.1) is 17.6 Å². The lowest BCUT2D eigenvalue weighted by molar-refractivity contribution is 0.161. The molecule has 0 bridgehead atoms. The number of hydrogen-bond acceptors (Lipinski definition) is 4. The Morgan fingerprint density at radius 2 is 2.00 bits per heavy atom. The van der Waals surface area contributed by atoms with Gasteiger partial charge >= 0.3 is 0 Å². The van der Waals surface area contributed by atoms with Crippen LogP contribution in [-0.2, 0) is 13.0 Å². The third-order valence-electron chi connectivity index (χ3n) is 5.24. The molecule has 2 heterocycles. The van der Waals surface area contributed by atoms with Crippen molar-refractivity contribution in [3.05, 3.63) is 59.9 Å². The van der Waals surface area contributed by atoms with Crippen LogP contribution in [0.3, 0.4) is 0 Å². The summed E-state index contributed by atoms with van der Waals surface area (Å²) in [5.74, 6) is 2.59. The predicted molar refractivity (Wildman–Crippen MR) is 107 cm³/mol. The molecule has 4 rings (SSSR count). The monoisotopic (exact) mass is 365 g/mol. The van der Waals surface area contributed by atoms with E-state index in [0.717, 1.165) is 48.7 Å². The molecule has 0 amide bonds. The highest BCUT2D eigenvalue weighted by Gasteiger charge is 2.22. The van der Waals surface area contributed by atoms with Gasteiger partial charge in [-0.3, -0.25) is 4.90 Å². The summed E-state index contributed by atoms with van der Waals surface area (Å²) in [5, 5.41) is 9.02. The SMILES string of the molecule is OCCOc1ccccc1CN1CCC[C@H](Cc2nc3ccccc3[nH]2)C1. The number of aromatic nitrogens is 2. The third-order valence-corrected chi connectivity index (χ3v) is 5.24. The van der Waals surface area contributed by atoms with Crippen LogP contribution in [0.15, 0.2) is 48.5 Å². The lowest BCUT2D eigenvalue weighted by atomic mass is 9.94. The van der Waals surface area contributed by atoms with Gasteiger partial charge in [-0.05, 0) is 43.5 Å². The zero-order chi connectivity index (χ0) is 18.5. The number of nitrogens with zero attached hydrogens (tertiary/aromatic N) is 2. The van der Waals surface area contributed by atoms with Crippen LogP contribution in [0.5, 0.6) is 5.75 Å². The van der Waals surface area contributed by atoms with Gasteiger partial charge in [0.1, 0.15) is 18.2 Å². The van der Waals surface area contributed by atoms with Gasteiger partial charge in [-0.25, -0.2) is 4.98 Å². The van der Waals surface area contributed by atoms with E-state index in [0.29, 0.717) is 12.5 Å². The van der Waals surface area contributed by atoms with Crippen LogP contribution in [0, 0.1) is 5.92 Å². The van der Waals surface area contributed by atoms with Gasteiger partial charge in [0.25, 0.3) is 0 Å². The quantitative estimate of drug-likeness (QED) is 0.674. The number of aliphatic hydroxyl groups is 1. The van der Waals surface area contributed by atoms with Gasteiger partial charge in [-0.2, -0.15) is 0 Å². The first-order valence-electron chi connectivity index (χ1n) is 9.79. The molecular formula is C22H27N3O2. The normalized spacial score (nSPS) is 18.0. The van der Waals surface area contributed by atoms with E-state index in [1.165, 1.54) is 18.4 Å². The fourth-order valence-electron chi connectivity index (χ4n) is 4.01. The van der Waals surface area contributed by atoms with Gasteiger partial charge in [0.15, 0.2) is 0 Å². The van der Waals surface area contributed by atoms with Crippen LogP contribution in [-0.4, -0.2) is 46.3 Å². The number of hydrogen-bond donors (Lipinski definition) is 2. The highest BCUT2D eigenvalue weighted by Crippen LogP contribution is 2.25. The lowest BCUT2D eigenvalue weighted by Crippen LogP contribution is -2.36. The first-order valence-corrected chi connectivity index (χ1v) is 9.79. The number of aliphatic hydroxyl groups excluding tert-OH is 1. The van der Waals surface area contributed by atoms with Crippen LogP contribution < -0.4 is 4.74 Å². The van der Waals surface area contributed by atoms with E-state index >= 15 is 0 Å². The average Bonchev–Trinajstić information content (AvgIpc) is 3.10. The Kier molecular flexibility index (Phi) is 5.70. The minimum Gasteiger partial charge on any atom is -0.491 e. The number of fused-ring (bicyclic) bond motifs is 1. The molecule has 5 nitrogen and oxygen atoms in total. The molecular weight excluding hydrogens is 338 g/mol. The molecule has 1 atom stereocenters. The first kappa shape index (κ1) is 18.0. The van der Waals surface area contributed by atoms with Crippen LogP contribution in [0.4, 0.5) is 0 Å². The van der Waals surface area contributed by atoms with Gasteiger partial charge in [0, 0.05) is 25.1 Å². The van der Waals surface area contributed by atoms with Crippen molar-refractivity contribution in [3.63, 3.8) is 0 Å². The summed E-state index contributed by atoms with van der Waals surface area (Å²) in [5.41, 5.74) is 3.36. The lowest BCUT2D eigenvalue weighted by Gasteiger charge is -2.32. The van der Waals surface area contributed by atoms with E-state index in [1.54, 1.807) is 0 Å². The van der Waals surface area contributed by atoms with Gasteiger partial charge in [-0.1, -0.05) is 30.3 Å². The number of imidazole rings is 1. The molecule has 142 valence electrons. The molecule has 3 aromatic rings. The molecule has 0 aliphatic carbocycles. The summed E-state index contributed by atoms with van der Waals surface area (Å²) in [7, 11) is 0. The number of nitrogens with one attached hydrogen (secondary N) is 1. The molecule has 1 fully saturated rings. The van der Waals surface area contributed by atoms with E-state index in [1.807, 2.05) is 24.3 Å². The summed E-state index contributed by atoms with van der Waals surface area (Å²) in [6, 6.07) is 16.4. The Morgan fingerprint density at radius 1 is 1.15 bits per heavy atom. The van der Waals surface area contributed by atoms with Crippen LogP contribution in [0.2, 0.25) is 0 Å². The van der Waals surface area contributed by atoms with Crippen molar-refractivity contribution in [2.24, 2.45) is 5.92 Å². The molecule has 0 unspecified atom stereocenters. The van der Waals surface area contributed by atoms with Crippen LogP contribution in [0.25, 0.3) is 11.0 Å². The standard InChI is InChI=1S/C22H27N3O2/c26-12-13-27-21-10-4-1-7-18(21)16-25-11-5-6-17(15-25)14-22-23-19-8-2-3-9-20(19)24-22/h1-4,7-10,17,26H,5-6,11-16H2,(H,23,24)/t17-/m1/s1. The zero-order valence-corrected chi connectivity index (χ0v) is 15.6. The fourth-order valence-corrected chi connectivity index (χ4v) is 4.01. The largest absolute Gasteiger partial charge is 0.491 e. The van der Waals surface area contributed by atoms with Crippen LogP contribution in [0.1, 0.15) is 24.2 Å². The van der Waals surface area contributed by atoms with E-state index in [-0.39, 0.29) is 6.61 Å². The molecule has 5 heteroatoms. The number of ether oxygens (including phenoxy) is 1. The Hall–Kier alpha value is -2.37. The smallest absolute Gasteiger partial charge is 0.123 e. The fraction of sp³-hybridized carbons (Fsp3) is 0.409. The summed E-state index contributed by atoms with van der Waals surface area (Å²) >= 11 is 0. The Bertz CT molecular complexity index is 844. The number of benzene rings is 2. The molecule has 2 N–H and O–H groups in total. The summed E-state index contributed by atoms with van der Waals surface area (Å²) < 4.78 is 5.69. The van der Waals surface area contributed by atoms with Crippen molar-refractivity contribution in [1.82, 2.24) is 14.9 Å². The molecule has 1 aliphatic rings. The second kappa shape index (κ2) is 8.55. The van der Waals surface area contributed by atoms with Crippen molar-refractivity contribution in [2.45, 2.75) is 25.8 Å². The highest BCUT2D eigenvalue weighted by molar-refractivity contribution is 5.74. The maximum Gasteiger partial charge on any atom is 0.123 e. The van der Waals surface area contributed by atoms with Crippen molar-refractivity contribution in [2.75, 3.05) is 26.3 Å². The molecule has 0 spiro atoms. The Balaban J connectivity index is 1.39. The summed E-state index contributed by atoms with van der Waals surface area (Å²) in [6.07, 6.45) is 3.45. The van der Waals surface area contributed by atoms with E-state index in [2.05, 4.69) is 34.1 Å². The third kappa shape index (κ3) is 4.49. The van der Waals surface area contributed by atoms with Crippen LogP contribution >= 0.6 is 0 Å². The van der Waals surface area contributed by atoms with Crippen molar-refractivity contribution >= 4 is 11.0 Å². The second-order valence-corrected chi connectivity index (χ2v) is 7.33. The number of piperidine rings is 1. The van der Waals surface area contributed by atoms with E-state index < -0.39 is 0 Å². The van der Waals surface area contributed by atoms with E-state index in [4.69, 9.17) is 14.8 Å². The number of aromatic amines is 1. The topological polar surface area (TPSA) is 61.4 Å². The average molecular weight is 365 g/mol. The second-order valence-electron chi connectivity index (χ2n) is 7.33. The number of para-hydroxylation sites is 3. The van der Waals surface area contributed by atoms with Gasteiger partial charge in [-0.15, -0.1) is 0 Å².